The van der Waals surface area contributed by atoms with E-state index in [2.05, 4.69) is 10.6 Å². The van der Waals surface area contributed by atoms with Gasteiger partial charge in [-0.25, -0.2) is 4.39 Å². The summed E-state index contributed by atoms with van der Waals surface area (Å²) in [5.74, 6) is -0.857. The summed E-state index contributed by atoms with van der Waals surface area (Å²) in [5, 5.41) is 5.94. The molecule has 1 aliphatic rings. The molecule has 0 spiro atoms. The van der Waals surface area contributed by atoms with Gasteiger partial charge < -0.3 is 20.3 Å². The number of ether oxygens (including phenoxy) is 1. The van der Waals surface area contributed by atoms with Crippen molar-refractivity contribution in [2.45, 2.75) is 18.9 Å². The maximum absolute atomic E-state index is 13.7. The van der Waals surface area contributed by atoms with Crippen LogP contribution in [-0.2, 0) is 9.53 Å². The molecule has 0 atom stereocenters. The molecular formula is C17H24FN3O3. The molecule has 6 nitrogen and oxygen atoms in total. The Morgan fingerprint density at radius 2 is 2.00 bits per heavy atom. The first-order chi connectivity index (χ1) is 11.6. The molecule has 132 valence electrons. The molecule has 1 aromatic carbocycles. The van der Waals surface area contributed by atoms with Gasteiger partial charge in [-0.2, -0.15) is 0 Å². The van der Waals surface area contributed by atoms with Gasteiger partial charge in [0.05, 0.1) is 18.7 Å². The van der Waals surface area contributed by atoms with Crippen molar-refractivity contribution >= 4 is 11.8 Å². The van der Waals surface area contributed by atoms with E-state index in [1.807, 2.05) is 0 Å². The van der Waals surface area contributed by atoms with E-state index in [1.165, 1.54) is 12.1 Å². The van der Waals surface area contributed by atoms with Gasteiger partial charge in [0.15, 0.2) is 0 Å². The van der Waals surface area contributed by atoms with Crippen LogP contribution in [0.5, 0.6) is 0 Å². The number of piperidine rings is 1. The summed E-state index contributed by atoms with van der Waals surface area (Å²) in [6, 6.07) is 6.05. The maximum atomic E-state index is 13.7. The number of hydrogen-bond donors (Lipinski definition) is 2. The summed E-state index contributed by atoms with van der Waals surface area (Å²) < 4.78 is 18.6. The standard InChI is InChI=1S/C17H24FN3O3/c1-24-11-8-19-12-16(22)20-13-6-9-21(10-7-13)17(23)14-4-2-3-5-15(14)18/h2-5,13,19H,6-12H2,1H3,(H,20,22). The number of nitrogens with zero attached hydrogens (tertiary/aromatic N) is 1. The largest absolute Gasteiger partial charge is 0.383 e. The molecule has 1 aliphatic heterocycles. The minimum absolute atomic E-state index is 0.0476. The normalized spacial score (nSPS) is 15.3. The van der Waals surface area contributed by atoms with Crippen molar-refractivity contribution in [1.29, 1.82) is 0 Å². The van der Waals surface area contributed by atoms with E-state index in [4.69, 9.17) is 4.74 Å². The van der Waals surface area contributed by atoms with Crippen LogP contribution >= 0.6 is 0 Å². The Morgan fingerprint density at radius 1 is 1.29 bits per heavy atom. The Kier molecular flexibility index (Phi) is 7.14. The highest BCUT2D eigenvalue weighted by atomic mass is 19.1. The Bertz CT molecular complexity index is 560. The minimum Gasteiger partial charge on any atom is -0.383 e. The third-order valence-electron chi connectivity index (χ3n) is 4.02. The molecule has 1 fully saturated rings. The average molecular weight is 337 g/mol. The Hall–Kier alpha value is -1.99. The highest BCUT2D eigenvalue weighted by molar-refractivity contribution is 5.94. The predicted octanol–water partition coefficient (Wildman–Crippen LogP) is 0.783. The molecule has 1 saturated heterocycles. The molecule has 2 rings (SSSR count). The van der Waals surface area contributed by atoms with Gasteiger partial charge >= 0.3 is 0 Å². The lowest BCUT2D eigenvalue weighted by molar-refractivity contribution is -0.121. The van der Waals surface area contributed by atoms with Gasteiger partial charge in [0.1, 0.15) is 5.82 Å². The van der Waals surface area contributed by atoms with Gasteiger partial charge in [-0.3, -0.25) is 9.59 Å². The zero-order valence-corrected chi connectivity index (χ0v) is 13.9. The van der Waals surface area contributed by atoms with Gasteiger partial charge in [0.2, 0.25) is 5.91 Å². The lowest BCUT2D eigenvalue weighted by atomic mass is 10.0. The molecule has 2 amide bonds. The van der Waals surface area contributed by atoms with Gasteiger partial charge in [-0.15, -0.1) is 0 Å². The molecule has 7 heteroatoms. The summed E-state index contributed by atoms with van der Waals surface area (Å²) in [7, 11) is 1.61. The second-order valence-corrected chi connectivity index (χ2v) is 5.78. The number of hydrogen-bond acceptors (Lipinski definition) is 4. The first kappa shape index (κ1) is 18.4. The third-order valence-corrected chi connectivity index (χ3v) is 4.02. The molecule has 0 radical (unpaired) electrons. The van der Waals surface area contributed by atoms with Gasteiger partial charge in [0, 0.05) is 32.8 Å². The molecule has 0 unspecified atom stereocenters. The highest BCUT2D eigenvalue weighted by Crippen LogP contribution is 2.15. The number of carbonyl (C=O) groups excluding carboxylic acids is 2. The number of halogens is 1. The van der Waals surface area contributed by atoms with E-state index in [1.54, 1.807) is 24.1 Å². The first-order valence-corrected chi connectivity index (χ1v) is 8.14. The highest BCUT2D eigenvalue weighted by Gasteiger charge is 2.25. The van der Waals surface area contributed by atoms with E-state index < -0.39 is 5.82 Å². The number of likely N-dealkylation sites (tertiary alicyclic amines) is 1. The van der Waals surface area contributed by atoms with Crippen LogP contribution in [0.4, 0.5) is 4.39 Å². The van der Waals surface area contributed by atoms with Crippen LogP contribution in [0.25, 0.3) is 0 Å². The fourth-order valence-corrected chi connectivity index (χ4v) is 2.69. The topological polar surface area (TPSA) is 70.7 Å². The van der Waals surface area contributed by atoms with E-state index in [-0.39, 0.29) is 30.0 Å². The van der Waals surface area contributed by atoms with Crippen molar-refractivity contribution in [3.8, 4) is 0 Å². The van der Waals surface area contributed by atoms with Crippen LogP contribution in [0.15, 0.2) is 24.3 Å². The number of methoxy groups -OCH3 is 1. The van der Waals surface area contributed by atoms with Crippen LogP contribution in [0, 0.1) is 5.82 Å². The molecular weight excluding hydrogens is 313 g/mol. The van der Waals surface area contributed by atoms with Crippen LogP contribution in [0.2, 0.25) is 0 Å². The molecule has 2 N–H and O–H groups in total. The van der Waals surface area contributed by atoms with Crippen LogP contribution < -0.4 is 10.6 Å². The fourth-order valence-electron chi connectivity index (χ4n) is 2.69. The maximum Gasteiger partial charge on any atom is 0.256 e. The average Bonchev–Trinajstić information content (AvgIpc) is 2.59. The predicted molar refractivity (Wildman–Crippen MR) is 88.2 cm³/mol. The van der Waals surface area contributed by atoms with Crippen LogP contribution in [-0.4, -0.2) is 62.7 Å². The van der Waals surface area contributed by atoms with Crippen molar-refractivity contribution in [3.63, 3.8) is 0 Å². The Labute approximate surface area is 141 Å². The fraction of sp³-hybridized carbons (Fsp3) is 0.529. The van der Waals surface area contributed by atoms with E-state index >= 15 is 0 Å². The van der Waals surface area contributed by atoms with Crippen molar-refractivity contribution in [2.75, 3.05) is 39.9 Å². The van der Waals surface area contributed by atoms with Gasteiger partial charge in [-0.05, 0) is 25.0 Å². The number of carbonyl (C=O) groups is 2. The zero-order valence-electron chi connectivity index (χ0n) is 13.9. The SMILES string of the molecule is COCCNCC(=O)NC1CCN(C(=O)c2ccccc2F)CC1. The summed E-state index contributed by atoms with van der Waals surface area (Å²) in [4.78, 5) is 25.8. The molecule has 0 bridgehead atoms. The van der Waals surface area contributed by atoms with E-state index in [9.17, 15) is 14.0 Å². The molecule has 0 aliphatic carbocycles. The number of benzene rings is 1. The number of amides is 2. The van der Waals surface area contributed by atoms with Gasteiger partial charge in [-0.1, -0.05) is 12.1 Å². The van der Waals surface area contributed by atoms with Crippen LogP contribution in [0.3, 0.4) is 0 Å². The summed E-state index contributed by atoms with van der Waals surface area (Å²) in [6.45, 7) is 2.45. The van der Waals surface area contributed by atoms with Crippen LogP contribution in [0.1, 0.15) is 23.2 Å². The summed E-state index contributed by atoms with van der Waals surface area (Å²) >= 11 is 0. The Morgan fingerprint density at radius 3 is 2.67 bits per heavy atom. The smallest absolute Gasteiger partial charge is 0.256 e. The second kappa shape index (κ2) is 9.34. The third kappa shape index (κ3) is 5.28. The van der Waals surface area contributed by atoms with Crippen molar-refractivity contribution in [2.24, 2.45) is 0 Å². The Balaban J connectivity index is 1.74. The molecule has 1 heterocycles. The quantitative estimate of drug-likeness (QED) is 0.722. The first-order valence-electron chi connectivity index (χ1n) is 8.14. The number of nitrogens with one attached hydrogen (secondary N) is 2. The number of rotatable bonds is 7. The van der Waals surface area contributed by atoms with Gasteiger partial charge in [0.25, 0.3) is 5.91 Å². The minimum atomic E-state index is -0.500. The molecule has 1 aromatic rings. The van der Waals surface area contributed by atoms with Crippen molar-refractivity contribution in [1.82, 2.24) is 15.5 Å². The molecule has 0 saturated carbocycles. The van der Waals surface area contributed by atoms with E-state index in [0.29, 0.717) is 39.1 Å². The lowest BCUT2D eigenvalue weighted by Gasteiger charge is -2.32. The summed E-state index contributed by atoms with van der Waals surface area (Å²) in [6.07, 6.45) is 1.34. The second-order valence-electron chi connectivity index (χ2n) is 5.78. The monoisotopic (exact) mass is 337 g/mol. The van der Waals surface area contributed by atoms with Crippen molar-refractivity contribution < 1.29 is 18.7 Å². The lowest BCUT2D eigenvalue weighted by Crippen LogP contribution is -2.48. The van der Waals surface area contributed by atoms with E-state index in [0.717, 1.165) is 0 Å². The van der Waals surface area contributed by atoms with Crippen molar-refractivity contribution in [3.05, 3.63) is 35.6 Å². The zero-order chi connectivity index (χ0) is 17.4. The molecule has 24 heavy (non-hydrogen) atoms. The summed E-state index contributed by atoms with van der Waals surface area (Å²) in [5.41, 5.74) is 0.0994. The molecule has 0 aromatic heterocycles.